The van der Waals surface area contributed by atoms with Crippen molar-refractivity contribution in [1.29, 1.82) is 0 Å². The highest BCUT2D eigenvalue weighted by Crippen LogP contribution is 2.30. The van der Waals surface area contributed by atoms with Crippen LogP contribution in [0.1, 0.15) is 6.92 Å². The van der Waals surface area contributed by atoms with Gasteiger partial charge < -0.3 is 25.0 Å². The first-order chi connectivity index (χ1) is 15.9. The van der Waals surface area contributed by atoms with Gasteiger partial charge in [-0.25, -0.2) is 13.4 Å². The molecule has 0 bridgehead atoms. The fourth-order valence-electron chi connectivity index (χ4n) is 3.76. The van der Waals surface area contributed by atoms with Gasteiger partial charge in [0, 0.05) is 26.2 Å². The van der Waals surface area contributed by atoms with Crippen LogP contribution in [0.15, 0.2) is 64.5 Å². The number of nitrogen functional groups attached to an aromatic ring is 1. The predicted octanol–water partition coefficient (Wildman–Crippen LogP) is 2.63. The molecule has 0 spiro atoms. The summed E-state index contributed by atoms with van der Waals surface area (Å²) in [5.41, 5.74) is 7.13. The molecule has 1 saturated heterocycles. The van der Waals surface area contributed by atoms with E-state index in [0.717, 1.165) is 24.5 Å². The lowest BCUT2D eigenvalue weighted by atomic mass is 10.2. The Kier molecular flexibility index (Phi) is 6.55. The zero-order chi connectivity index (χ0) is 23.4. The van der Waals surface area contributed by atoms with Crippen LogP contribution in [-0.4, -0.2) is 58.3 Å². The van der Waals surface area contributed by atoms with Crippen molar-refractivity contribution in [2.75, 3.05) is 55.4 Å². The molecular weight excluding hydrogens is 442 g/mol. The van der Waals surface area contributed by atoms with Gasteiger partial charge in [-0.2, -0.15) is 4.98 Å². The van der Waals surface area contributed by atoms with E-state index in [0.29, 0.717) is 31.4 Å². The van der Waals surface area contributed by atoms with Crippen molar-refractivity contribution in [3.05, 3.63) is 54.7 Å². The first kappa shape index (κ1) is 22.7. The average molecular weight is 470 g/mol. The van der Waals surface area contributed by atoms with Gasteiger partial charge in [-0.3, -0.25) is 0 Å². The fraction of sp³-hybridized carbons (Fsp3) is 0.304. The van der Waals surface area contributed by atoms with Crippen LogP contribution in [0.3, 0.4) is 0 Å². The third kappa shape index (κ3) is 4.65. The van der Waals surface area contributed by atoms with E-state index in [4.69, 9.17) is 15.2 Å². The van der Waals surface area contributed by atoms with Crippen LogP contribution in [0.4, 0.5) is 17.5 Å². The van der Waals surface area contributed by atoms with E-state index in [2.05, 4.69) is 14.9 Å². The second kappa shape index (κ2) is 9.53. The van der Waals surface area contributed by atoms with Gasteiger partial charge in [-0.15, -0.1) is 0 Å². The van der Waals surface area contributed by atoms with Crippen LogP contribution in [0.25, 0.3) is 0 Å². The maximum Gasteiger partial charge on any atom is 0.227 e. The molecule has 2 heterocycles. The molecule has 1 aliphatic rings. The molecule has 0 aliphatic carbocycles. The van der Waals surface area contributed by atoms with Crippen LogP contribution in [0.2, 0.25) is 0 Å². The molecule has 0 atom stereocenters. The minimum Gasteiger partial charge on any atom is -0.497 e. The van der Waals surface area contributed by atoms with Gasteiger partial charge in [0.2, 0.25) is 15.8 Å². The second-order valence-electron chi connectivity index (χ2n) is 7.47. The molecule has 0 unspecified atom stereocenters. The number of sulfone groups is 1. The van der Waals surface area contributed by atoms with E-state index in [1.54, 1.807) is 12.1 Å². The lowest BCUT2D eigenvalue weighted by molar-refractivity contribution is 0.340. The number of piperazine rings is 1. The van der Waals surface area contributed by atoms with Gasteiger partial charge in [0.05, 0.1) is 30.5 Å². The SMILES string of the molecule is CCOc1ccccc1N1CCN(c2ncc(S(=O)(=O)c3ccc(OC)cc3)c(N)n2)CC1. The molecular formula is C23H27N5O4S. The molecule has 0 radical (unpaired) electrons. The first-order valence-electron chi connectivity index (χ1n) is 10.7. The smallest absolute Gasteiger partial charge is 0.227 e. The van der Waals surface area contributed by atoms with Gasteiger partial charge in [0.1, 0.15) is 22.2 Å². The predicted molar refractivity (Wildman–Crippen MR) is 127 cm³/mol. The standard InChI is InChI=1S/C23H27N5O4S/c1-3-32-20-7-5-4-6-19(20)27-12-14-28(15-13-27)23-25-16-21(22(24)26-23)33(29,30)18-10-8-17(31-2)9-11-18/h4-11,16H,3,12-15H2,1-2H3,(H2,24,25,26). The second-order valence-corrected chi connectivity index (χ2v) is 9.39. The van der Waals surface area contributed by atoms with Gasteiger partial charge in [0.15, 0.2) is 0 Å². The summed E-state index contributed by atoms with van der Waals surface area (Å²) in [6.45, 7) is 5.41. The number of hydrogen-bond acceptors (Lipinski definition) is 9. The van der Waals surface area contributed by atoms with E-state index in [1.165, 1.54) is 25.4 Å². The van der Waals surface area contributed by atoms with Crippen molar-refractivity contribution in [3.63, 3.8) is 0 Å². The Morgan fingerprint density at radius 3 is 2.30 bits per heavy atom. The highest BCUT2D eigenvalue weighted by Gasteiger charge is 2.25. The number of nitrogens with two attached hydrogens (primary N) is 1. The van der Waals surface area contributed by atoms with Gasteiger partial charge >= 0.3 is 0 Å². The van der Waals surface area contributed by atoms with Gasteiger partial charge in [0.25, 0.3) is 0 Å². The summed E-state index contributed by atoms with van der Waals surface area (Å²) in [4.78, 5) is 12.9. The first-order valence-corrected chi connectivity index (χ1v) is 12.2. The molecule has 0 amide bonds. The van der Waals surface area contributed by atoms with Crippen LogP contribution in [0, 0.1) is 0 Å². The number of nitrogens with zero attached hydrogens (tertiary/aromatic N) is 4. The molecule has 2 aromatic carbocycles. The average Bonchev–Trinajstić information content (AvgIpc) is 2.84. The molecule has 3 aromatic rings. The maximum absolute atomic E-state index is 13.0. The highest BCUT2D eigenvalue weighted by atomic mass is 32.2. The largest absolute Gasteiger partial charge is 0.497 e. The highest BCUT2D eigenvalue weighted by molar-refractivity contribution is 7.91. The third-order valence-corrected chi connectivity index (χ3v) is 7.28. The number of rotatable bonds is 7. The zero-order valence-electron chi connectivity index (χ0n) is 18.6. The summed E-state index contributed by atoms with van der Waals surface area (Å²) in [7, 11) is -2.32. The zero-order valence-corrected chi connectivity index (χ0v) is 19.5. The molecule has 33 heavy (non-hydrogen) atoms. The lowest BCUT2D eigenvalue weighted by Gasteiger charge is -2.36. The number of benzene rings is 2. The molecule has 174 valence electrons. The molecule has 1 aliphatic heterocycles. The molecule has 0 saturated carbocycles. The Morgan fingerprint density at radius 2 is 1.67 bits per heavy atom. The van der Waals surface area contributed by atoms with E-state index < -0.39 is 9.84 Å². The minimum atomic E-state index is -3.84. The van der Waals surface area contributed by atoms with Crippen molar-refractivity contribution in [3.8, 4) is 11.5 Å². The van der Waals surface area contributed by atoms with Gasteiger partial charge in [-0.1, -0.05) is 12.1 Å². The molecule has 4 rings (SSSR count). The van der Waals surface area contributed by atoms with Crippen LogP contribution >= 0.6 is 0 Å². The summed E-state index contributed by atoms with van der Waals surface area (Å²) >= 11 is 0. The number of methoxy groups -OCH3 is 1. The monoisotopic (exact) mass is 469 g/mol. The van der Waals surface area contributed by atoms with Crippen molar-refractivity contribution < 1.29 is 17.9 Å². The molecule has 1 fully saturated rings. The molecule has 9 nitrogen and oxygen atoms in total. The van der Waals surface area contributed by atoms with E-state index in [9.17, 15) is 8.42 Å². The Morgan fingerprint density at radius 1 is 1.00 bits per heavy atom. The molecule has 10 heteroatoms. The summed E-state index contributed by atoms with van der Waals surface area (Å²) in [6.07, 6.45) is 1.29. The summed E-state index contributed by atoms with van der Waals surface area (Å²) in [5, 5.41) is 0. The van der Waals surface area contributed by atoms with Crippen molar-refractivity contribution in [2.24, 2.45) is 0 Å². The van der Waals surface area contributed by atoms with Crippen LogP contribution < -0.4 is 25.0 Å². The van der Waals surface area contributed by atoms with Crippen LogP contribution in [0.5, 0.6) is 11.5 Å². The van der Waals surface area contributed by atoms with Crippen LogP contribution in [-0.2, 0) is 9.84 Å². The van der Waals surface area contributed by atoms with E-state index in [-0.39, 0.29) is 15.6 Å². The van der Waals surface area contributed by atoms with Crippen molar-refractivity contribution in [1.82, 2.24) is 9.97 Å². The number of para-hydroxylation sites is 2. The lowest BCUT2D eigenvalue weighted by Crippen LogP contribution is -2.47. The number of anilines is 3. The van der Waals surface area contributed by atoms with Crippen molar-refractivity contribution >= 4 is 27.3 Å². The molecule has 1 aromatic heterocycles. The number of hydrogen-bond donors (Lipinski definition) is 1. The summed E-state index contributed by atoms with van der Waals surface area (Å²) in [5.74, 6) is 1.78. The number of aromatic nitrogens is 2. The topological polar surface area (TPSA) is 111 Å². The quantitative estimate of drug-likeness (QED) is 0.558. The van der Waals surface area contributed by atoms with Crippen molar-refractivity contribution in [2.45, 2.75) is 16.7 Å². The van der Waals surface area contributed by atoms with Gasteiger partial charge in [-0.05, 0) is 43.3 Å². The normalized spacial score (nSPS) is 14.2. The summed E-state index contributed by atoms with van der Waals surface area (Å²) < 4.78 is 36.8. The van der Waals surface area contributed by atoms with E-state index >= 15 is 0 Å². The summed E-state index contributed by atoms with van der Waals surface area (Å²) in [6, 6.07) is 14.1. The Labute approximate surface area is 193 Å². The Bertz CT molecular complexity index is 1210. The fourth-order valence-corrected chi connectivity index (χ4v) is 5.02. The Hall–Kier alpha value is -3.53. The van der Waals surface area contributed by atoms with E-state index in [1.807, 2.05) is 36.1 Å². The third-order valence-electron chi connectivity index (χ3n) is 5.50. The maximum atomic E-state index is 13.0. The minimum absolute atomic E-state index is 0.0695. The molecule has 2 N–H and O–H groups in total. The Balaban J connectivity index is 1.49. The number of ether oxygens (including phenoxy) is 2.